The standard InChI is InChI=1S/C17H31N3/c1-4-19-17(13-18)11-5-6-16(12-17)20(3)15-9-7-14(2)8-10-15/h14-16,19H,4-12H2,1-3H3. The highest BCUT2D eigenvalue weighted by atomic mass is 15.2. The molecule has 0 aromatic carbocycles. The van der Waals surface area contributed by atoms with Gasteiger partial charge in [0, 0.05) is 12.1 Å². The van der Waals surface area contributed by atoms with Gasteiger partial charge in [-0.2, -0.15) is 5.26 Å². The van der Waals surface area contributed by atoms with E-state index in [4.69, 9.17) is 0 Å². The molecule has 0 aliphatic heterocycles. The van der Waals surface area contributed by atoms with E-state index in [0.717, 1.165) is 31.3 Å². The maximum absolute atomic E-state index is 9.59. The van der Waals surface area contributed by atoms with Crippen molar-refractivity contribution in [3.8, 4) is 6.07 Å². The summed E-state index contributed by atoms with van der Waals surface area (Å²) in [5.41, 5.74) is -0.270. The first kappa shape index (κ1) is 15.8. The van der Waals surface area contributed by atoms with Gasteiger partial charge in [0.25, 0.3) is 0 Å². The lowest BCUT2D eigenvalue weighted by Crippen LogP contribution is -2.54. The molecule has 0 heterocycles. The fraction of sp³-hybridized carbons (Fsp3) is 0.941. The first-order chi connectivity index (χ1) is 9.60. The minimum Gasteiger partial charge on any atom is -0.300 e. The van der Waals surface area contributed by atoms with Crippen molar-refractivity contribution in [3.05, 3.63) is 0 Å². The summed E-state index contributed by atoms with van der Waals surface area (Å²) < 4.78 is 0. The molecule has 1 N–H and O–H groups in total. The summed E-state index contributed by atoms with van der Waals surface area (Å²) in [4.78, 5) is 2.61. The summed E-state index contributed by atoms with van der Waals surface area (Å²) in [5, 5.41) is 13.0. The lowest BCUT2D eigenvalue weighted by molar-refractivity contribution is 0.0791. The lowest BCUT2D eigenvalue weighted by Gasteiger charge is -2.44. The molecule has 0 spiro atoms. The first-order valence-electron chi connectivity index (χ1n) is 8.48. The van der Waals surface area contributed by atoms with Crippen molar-refractivity contribution in [3.63, 3.8) is 0 Å². The molecule has 0 aromatic heterocycles. The zero-order chi connectivity index (χ0) is 14.6. The van der Waals surface area contributed by atoms with Crippen molar-refractivity contribution in [1.29, 1.82) is 5.26 Å². The van der Waals surface area contributed by atoms with Gasteiger partial charge in [0.1, 0.15) is 5.54 Å². The highest BCUT2D eigenvalue weighted by Crippen LogP contribution is 2.34. The molecule has 2 fully saturated rings. The molecule has 2 aliphatic rings. The van der Waals surface area contributed by atoms with Crippen LogP contribution in [0, 0.1) is 17.2 Å². The van der Waals surface area contributed by atoms with Gasteiger partial charge in [-0.15, -0.1) is 0 Å². The molecular formula is C17H31N3. The predicted octanol–water partition coefficient (Wildman–Crippen LogP) is 3.31. The van der Waals surface area contributed by atoms with Crippen LogP contribution in [0.2, 0.25) is 0 Å². The van der Waals surface area contributed by atoms with Gasteiger partial charge >= 0.3 is 0 Å². The van der Waals surface area contributed by atoms with Gasteiger partial charge in [-0.05, 0) is 70.9 Å². The average Bonchev–Trinajstić information content (AvgIpc) is 2.48. The van der Waals surface area contributed by atoms with Crippen LogP contribution in [0.15, 0.2) is 0 Å². The van der Waals surface area contributed by atoms with Crippen LogP contribution < -0.4 is 5.32 Å². The number of hydrogen-bond donors (Lipinski definition) is 1. The van der Waals surface area contributed by atoms with Crippen molar-refractivity contribution in [2.24, 2.45) is 5.92 Å². The van der Waals surface area contributed by atoms with E-state index in [2.05, 4.69) is 37.2 Å². The van der Waals surface area contributed by atoms with Crippen LogP contribution in [-0.2, 0) is 0 Å². The third-order valence-electron chi connectivity index (χ3n) is 5.59. The van der Waals surface area contributed by atoms with Crippen LogP contribution in [0.4, 0.5) is 0 Å². The second-order valence-electron chi connectivity index (χ2n) is 7.05. The number of hydrogen-bond acceptors (Lipinski definition) is 3. The molecule has 0 bridgehead atoms. The SMILES string of the molecule is CCNC1(C#N)CCCC(N(C)C2CCC(C)CC2)C1. The molecule has 2 unspecified atom stereocenters. The number of nitrogens with zero attached hydrogens (tertiary/aromatic N) is 2. The van der Waals surface area contributed by atoms with E-state index in [0.29, 0.717) is 6.04 Å². The van der Waals surface area contributed by atoms with Gasteiger partial charge in [-0.25, -0.2) is 0 Å². The van der Waals surface area contributed by atoms with Gasteiger partial charge in [0.2, 0.25) is 0 Å². The summed E-state index contributed by atoms with van der Waals surface area (Å²) in [6.07, 6.45) is 9.89. The quantitative estimate of drug-likeness (QED) is 0.857. The maximum Gasteiger partial charge on any atom is 0.108 e. The molecule has 3 nitrogen and oxygen atoms in total. The highest BCUT2D eigenvalue weighted by molar-refractivity contribution is 5.11. The molecule has 0 saturated heterocycles. The third kappa shape index (κ3) is 3.54. The minimum absolute atomic E-state index is 0.270. The first-order valence-corrected chi connectivity index (χ1v) is 8.48. The van der Waals surface area contributed by atoms with Crippen LogP contribution in [0.3, 0.4) is 0 Å². The van der Waals surface area contributed by atoms with E-state index >= 15 is 0 Å². The Hall–Kier alpha value is -0.590. The van der Waals surface area contributed by atoms with Gasteiger partial charge < -0.3 is 4.90 Å². The van der Waals surface area contributed by atoms with Crippen molar-refractivity contribution in [2.75, 3.05) is 13.6 Å². The Morgan fingerprint density at radius 1 is 1.20 bits per heavy atom. The summed E-state index contributed by atoms with van der Waals surface area (Å²) in [5.74, 6) is 0.908. The fourth-order valence-electron chi connectivity index (χ4n) is 4.18. The molecule has 2 atom stereocenters. The molecule has 0 amide bonds. The molecule has 2 saturated carbocycles. The normalized spacial score (nSPS) is 38.6. The molecule has 0 radical (unpaired) electrons. The van der Waals surface area contributed by atoms with Crippen LogP contribution in [-0.4, -0.2) is 36.1 Å². The molecule has 114 valence electrons. The van der Waals surface area contributed by atoms with Gasteiger partial charge in [0.05, 0.1) is 6.07 Å². The number of nitrogens with one attached hydrogen (secondary N) is 1. The fourth-order valence-corrected chi connectivity index (χ4v) is 4.18. The lowest BCUT2D eigenvalue weighted by atomic mass is 9.78. The van der Waals surface area contributed by atoms with Crippen LogP contribution >= 0.6 is 0 Å². The Bertz CT molecular complexity index is 337. The van der Waals surface area contributed by atoms with E-state index in [1.807, 2.05) is 0 Å². The zero-order valence-corrected chi connectivity index (χ0v) is 13.5. The van der Waals surface area contributed by atoms with Crippen molar-refractivity contribution in [1.82, 2.24) is 10.2 Å². The Labute approximate surface area is 124 Å². The van der Waals surface area contributed by atoms with E-state index in [1.54, 1.807) is 0 Å². The van der Waals surface area contributed by atoms with E-state index in [1.165, 1.54) is 38.5 Å². The van der Waals surface area contributed by atoms with Gasteiger partial charge in [-0.1, -0.05) is 13.8 Å². The Morgan fingerprint density at radius 3 is 2.50 bits per heavy atom. The van der Waals surface area contributed by atoms with Crippen LogP contribution in [0.5, 0.6) is 0 Å². The van der Waals surface area contributed by atoms with Gasteiger partial charge in [0.15, 0.2) is 0 Å². The minimum atomic E-state index is -0.270. The maximum atomic E-state index is 9.59. The topological polar surface area (TPSA) is 39.1 Å². The molecule has 20 heavy (non-hydrogen) atoms. The number of rotatable bonds is 4. The Balaban J connectivity index is 1.96. The number of nitriles is 1. The van der Waals surface area contributed by atoms with E-state index < -0.39 is 0 Å². The molecular weight excluding hydrogens is 246 g/mol. The summed E-state index contributed by atoms with van der Waals surface area (Å²) >= 11 is 0. The van der Waals surface area contributed by atoms with Crippen molar-refractivity contribution in [2.45, 2.75) is 82.8 Å². The largest absolute Gasteiger partial charge is 0.300 e. The third-order valence-corrected chi connectivity index (χ3v) is 5.59. The van der Waals surface area contributed by atoms with E-state index in [-0.39, 0.29) is 5.54 Å². The summed E-state index contributed by atoms with van der Waals surface area (Å²) in [6, 6.07) is 3.90. The van der Waals surface area contributed by atoms with Crippen LogP contribution in [0.1, 0.15) is 65.2 Å². The Kier molecular flexibility index (Phi) is 5.46. The molecule has 0 aromatic rings. The highest BCUT2D eigenvalue weighted by Gasteiger charge is 2.38. The van der Waals surface area contributed by atoms with Crippen molar-refractivity contribution < 1.29 is 0 Å². The average molecular weight is 277 g/mol. The van der Waals surface area contributed by atoms with Crippen LogP contribution in [0.25, 0.3) is 0 Å². The monoisotopic (exact) mass is 277 g/mol. The van der Waals surface area contributed by atoms with Crippen molar-refractivity contribution >= 4 is 0 Å². The van der Waals surface area contributed by atoms with E-state index in [9.17, 15) is 5.26 Å². The summed E-state index contributed by atoms with van der Waals surface area (Å²) in [7, 11) is 2.30. The second-order valence-corrected chi connectivity index (χ2v) is 7.05. The zero-order valence-electron chi connectivity index (χ0n) is 13.5. The molecule has 2 aliphatic carbocycles. The van der Waals surface area contributed by atoms with Gasteiger partial charge in [-0.3, -0.25) is 5.32 Å². The second kappa shape index (κ2) is 6.91. The molecule has 2 rings (SSSR count). The predicted molar refractivity (Wildman–Crippen MR) is 83.5 cm³/mol. The smallest absolute Gasteiger partial charge is 0.108 e. The Morgan fingerprint density at radius 2 is 1.90 bits per heavy atom. The summed E-state index contributed by atoms with van der Waals surface area (Å²) in [6.45, 7) is 5.38. The molecule has 3 heteroatoms.